The number of imide groups is 2. The van der Waals surface area contributed by atoms with Gasteiger partial charge >= 0.3 is 0 Å². The number of carbonyl (C=O) groups is 4. The number of hydrazone groups is 1. The van der Waals surface area contributed by atoms with Crippen LogP contribution in [0, 0.1) is 11.8 Å². The summed E-state index contributed by atoms with van der Waals surface area (Å²) in [6, 6.07) is 8.63. The molecule has 1 aromatic carbocycles. The molecule has 2 saturated carbocycles. The molecule has 7 rings (SSSR count). The maximum absolute atomic E-state index is 13.1. The third-order valence-corrected chi connectivity index (χ3v) is 9.07. The molecule has 212 valence electrons. The number of hydrogen-bond donors (Lipinski definition) is 3. The number of nitrogens with one attached hydrogen (secondary N) is 3. The number of anilines is 2. The van der Waals surface area contributed by atoms with Crippen molar-refractivity contribution in [1.82, 2.24) is 20.2 Å². The Balaban J connectivity index is 0.962. The molecule has 11 heteroatoms. The van der Waals surface area contributed by atoms with Gasteiger partial charge in [0.15, 0.2) is 0 Å². The number of hydrogen-bond acceptors (Lipinski definition) is 9. The molecule has 0 radical (unpaired) electrons. The van der Waals surface area contributed by atoms with Gasteiger partial charge < -0.3 is 10.6 Å². The summed E-state index contributed by atoms with van der Waals surface area (Å²) in [5.74, 6) is -0.682. The summed E-state index contributed by atoms with van der Waals surface area (Å²) in [5, 5.41) is 16.4. The van der Waals surface area contributed by atoms with E-state index in [4.69, 9.17) is 10.1 Å². The Morgan fingerprint density at radius 2 is 1.83 bits per heavy atom. The van der Waals surface area contributed by atoms with Gasteiger partial charge in [0.25, 0.3) is 11.8 Å². The first-order chi connectivity index (χ1) is 19.9. The normalized spacial score (nSPS) is 27.4. The van der Waals surface area contributed by atoms with Crippen LogP contribution in [0.15, 0.2) is 41.6 Å². The second kappa shape index (κ2) is 9.97. The van der Waals surface area contributed by atoms with Crippen LogP contribution in [0.1, 0.15) is 70.9 Å². The summed E-state index contributed by atoms with van der Waals surface area (Å²) in [6.07, 6.45) is 6.60. The molecule has 5 aliphatic rings. The second-order valence-corrected chi connectivity index (χ2v) is 11.7. The number of amides is 4. The Bertz CT molecular complexity index is 1480. The zero-order valence-electron chi connectivity index (χ0n) is 22.9. The van der Waals surface area contributed by atoms with Gasteiger partial charge in [-0.15, -0.1) is 0 Å². The van der Waals surface area contributed by atoms with E-state index >= 15 is 0 Å². The average molecular weight is 556 g/mol. The maximum Gasteiger partial charge on any atom is 0.262 e. The molecule has 2 atom stereocenters. The number of pyridine rings is 1. The van der Waals surface area contributed by atoms with Crippen LogP contribution in [0.5, 0.6) is 0 Å². The van der Waals surface area contributed by atoms with Crippen molar-refractivity contribution < 1.29 is 19.2 Å². The van der Waals surface area contributed by atoms with E-state index in [0.717, 1.165) is 47.9 Å². The number of rotatable bonds is 8. The van der Waals surface area contributed by atoms with Crippen molar-refractivity contribution in [2.24, 2.45) is 16.9 Å². The summed E-state index contributed by atoms with van der Waals surface area (Å²) in [5.41, 5.74) is 4.78. The predicted octanol–water partition coefficient (Wildman–Crippen LogP) is 2.58. The van der Waals surface area contributed by atoms with E-state index in [1.54, 1.807) is 18.2 Å². The van der Waals surface area contributed by atoms with E-state index in [1.807, 2.05) is 19.3 Å². The zero-order chi connectivity index (χ0) is 28.2. The Morgan fingerprint density at radius 3 is 2.59 bits per heavy atom. The van der Waals surface area contributed by atoms with E-state index in [0.29, 0.717) is 17.9 Å². The van der Waals surface area contributed by atoms with Gasteiger partial charge in [0.05, 0.1) is 40.7 Å². The minimum Gasteiger partial charge on any atom is -0.387 e. The number of fused-ring (bicyclic) bond motifs is 1. The summed E-state index contributed by atoms with van der Waals surface area (Å²) < 4.78 is 0. The molecule has 0 spiro atoms. The lowest BCUT2D eigenvalue weighted by Gasteiger charge is -2.40. The molecule has 11 nitrogen and oxygen atoms in total. The number of benzene rings is 1. The van der Waals surface area contributed by atoms with Gasteiger partial charge in [-0.3, -0.25) is 39.4 Å². The van der Waals surface area contributed by atoms with Gasteiger partial charge in [-0.05, 0) is 74.3 Å². The van der Waals surface area contributed by atoms with Crippen molar-refractivity contribution in [2.45, 2.75) is 56.5 Å². The summed E-state index contributed by atoms with van der Waals surface area (Å²) in [6.45, 7) is 1.63. The fourth-order valence-corrected chi connectivity index (χ4v) is 6.60. The number of aromatic nitrogens is 1. The third kappa shape index (κ3) is 4.53. The molecular weight excluding hydrogens is 522 g/mol. The minimum absolute atomic E-state index is 0.102. The van der Waals surface area contributed by atoms with E-state index < -0.39 is 23.8 Å². The smallest absolute Gasteiger partial charge is 0.262 e. The first-order valence-electron chi connectivity index (χ1n) is 14.5. The minimum atomic E-state index is -0.959. The Labute approximate surface area is 237 Å². The third-order valence-electron chi connectivity index (χ3n) is 9.07. The summed E-state index contributed by atoms with van der Waals surface area (Å²) >= 11 is 0. The monoisotopic (exact) mass is 555 g/mol. The van der Waals surface area contributed by atoms with Crippen LogP contribution < -0.4 is 16.0 Å². The van der Waals surface area contributed by atoms with Crippen molar-refractivity contribution >= 4 is 40.7 Å². The van der Waals surface area contributed by atoms with Crippen LogP contribution in [-0.4, -0.2) is 76.5 Å². The number of nitrogens with zero attached hydrogens (tertiary/aromatic N) is 4. The standard InChI is InChI=1S/C30H33N7O4/c1-31-23-3-2-10-32-27(23)22-15-36(35-26(22)17-4-5-17)19-11-16(12-19)14-33-18-6-7-20-21(13-18)30(41)37(29(20)40)24-8-9-25(38)34-28(24)39/h2-3,6-7,10,13,16-17,19,22,24,31,33H,4-5,8-9,11-12,14-15H2,1H3,(H,34,38,39)/t16-,19-,22?,24?. The van der Waals surface area contributed by atoms with Gasteiger partial charge in [-0.2, -0.15) is 5.10 Å². The van der Waals surface area contributed by atoms with Crippen molar-refractivity contribution in [3.05, 3.63) is 53.3 Å². The van der Waals surface area contributed by atoms with Crippen LogP contribution in [0.25, 0.3) is 0 Å². The largest absolute Gasteiger partial charge is 0.387 e. The van der Waals surface area contributed by atoms with Gasteiger partial charge in [0.2, 0.25) is 11.8 Å². The molecule has 0 bridgehead atoms. The maximum atomic E-state index is 13.1. The van der Waals surface area contributed by atoms with Gasteiger partial charge in [0.1, 0.15) is 6.04 Å². The molecule has 4 amide bonds. The molecule has 2 aliphatic carbocycles. The van der Waals surface area contributed by atoms with E-state index in [1.165, 1.54) is 18.6 Å². The molecule has 3 N–H and O–H groups in total. The average Bonchev–Trinajstić information content (AvgIpc) is 3.66. The lowest BCUT2D eigenvalue weighted by atomic mass is 9.79. The van der Waals surface area contributed by atoms with E-state index in [2.05, 4.69) is 27.0 Å². The highest BCUT2D eigenvalue weighted by Gasteiger charge is 2.46. The predicted molar refractivity (Wildman–Crippen MR) is 152 cm³/mol. The fraction of sp³-hybridized carbons (Fsp3) is 0.467. The van der Waals surface area contributed by atoms with Crippen LogP contribution in [0.3, 0.4) is 0 Å². The van der Waals surface area contributed by atoms with Crippen LogP contribution in [-0.2, 0) is 9.59 Å². The number of carbonyl (C=O) groups excluding carboxylic acids is 4. The SMILES string of the molecule is CNc1cccnc1C1CN([C@H]2C[C@H](CNc3ccc4c(c3)C(=O)N(C3CCC(=O)NC3=O)C4=O)C2)N=C1C1CC1. The molecule has 1 saturated heterocycles. The molecule has 4 heterocycles. The van der Waals surface area contributed by atoms with Crippen molar-refractivity contribution in [3.63, 3.8) is 0 Å². The Hall–Kier alpha value is -4.28. The summed E-state index contributed by atoms with van der Waals surface area (Å²) in [4.78, 5) is 55.6. The molecule has 3 aliphatic heterocycles. The molecule has 1 aromatic heterocycles. The zero-order valence-corrected chi connectivity index (χ0v) is 22.9. The van der Waals surface area contributed by atoms with E-state index in [-0.39, 0.29) is 35.8 Å². The van der Waals surface area contributed by atoms with Crippen LogP contribution in [0.2, 0.25) is 0 Å². The second-order valence-electron chi connectivity index (χ2n) is 11.7. The Kier molecular flexibility index (Phi) is 6.24. The summed E-state index contributed by atoms with van der Waals surface area (Å²) in [7, 11) is 1.94. The van der Waals surface area contributed by atoms with Crippen LogP contribution in [0.4, 0.5) is 11.4 Å². The van der Waals surface area contributed by atoms with Gasteiger partial charge in [-0.25, -0.2) is 0 Å². The highest BCUT2D eigenvalue weighted by molar-refractivity contribution is 6.23. The molecule has 2 aromatic rings. The van der Waals surface area contributed by atoms with E-state index in [9.17, 15) is 19.2 Å². The van der Waals surface area contributed by atoms with Crippen molar-refractivity contribution in [1.29, 1.82) is 0 Å². The quantitative estimate of drug-likeness (QED) is 0.423. The molecular formula is C30H33N7O4. The lowest BCUT2D eigenvalue weighted by Crippen LogP contribution is -2.54. The highest BCUT2D eigenvalue weighted by Crippen LogP contribution is 2.44. The first kappa shape index (κ1) is 25.7. The first-order valence-corrected chi connectivity index (χ1v) is 14.5. The van der Waals surface area contributed by atoms with Gasteiger partial charge in [0, 0.05) is 37.9 Å². The van der Waals surface area contributed by atoms with Crippen LogP contribution >= 0.6 is 0 Å². The molecule has 3 fully saturated rings. The van der Waals surface area contributed by atoms with Crippen molar-refractivity contribution in [3.8, 4) is 0 Å². The molecule has 2 unspecified atom stereocenters. The molecule has 41 heavy (non-hydrogen) atoms. The fourth-order valence-electron chi connectivity index (χ4n) is 6.60. The number of piperidine rings is 1. The Morgan fingerprint density at radius 1 is 1.02 bits per heavy atom. The topological polar surface area (TPSA) is 136 Å². The van der Waals surface area contributed by atoms with Crippen molar-refractivity contribution in [2.75, 3.05) is 30.8 Å². The lowest BCUT2D eigenvalue weighted by molar-refractivity contribution is -0.136. The highest BCUT2D eigenvalue weighted by atomic mass is 16.2. The van der Waals surface area contributed by atoms with Gasteiger partial charge in [-0.1, -0.05) is 0 Å².